The molecule has 0 unspecified atom stereocenters. The second kappa shape index (κ2) is 8.44. The number of carbonyl (C=O) groups is 1. The van der Waals surface area contributed by atoms with Gasteiger partial charge in [-0.1, -0.05) is 42.5 Å². The summed E-state index contributed by atoms with van der Waals surface area (Å²) in [6, 6.07) is 32.9. The molecule has 154 valence electrons. The zero-order chi connectivity index (χ0) is 21.9. The van der Waals surface area contributed by atoms with Crippen molar-refractivity contribution in [1.29, 1.82) is 0 Å². The fourth-order valence-electron chi connectivity index (χ4n) is 3.57. The Morgan fingerprint density at radius 1 is 0.594 bits per heavy atom. The molecule has 0 saturated heterocycles. The Balaban J connectivity index is 1.50. The summed E-state index contributed by atoms with van der Waals surface area (Å²) in [4.78, 5) is 21.3. The molecule has 4 heteroatoms. The lowest BCUT2D eigenvalue weighted by Gasteiger charge is -2.11. The Morgan fingerprint density at radius 2 is 1.06 bits per heavy atom. The van der Waals surface area contributed by atoms with E-state index in [2.05, 4.69) is 0 Å². The van der Waals surface area contributed by atoms with E-state index in [1.54, 1.807) is 31.2 Å². The summed E-state index contributed by atoms with van der Waals surface area (Å²) in [7, 11) is 0. The highest BCUT2D eigenvalue weighted by molar-refractivity contribution is 5.94. The molecular formula is C28H20N2O2. The van der Waals surface area contributed by atoms with E-state index in [0.717, 1.165) is 33.5 Å². The number of Topliss-reactive ketones (excluding diaryl/α,β-unsaturated/α-hetero) is 1. The van der Waals surface area contributed by atoms with E-state index in [0.29, 0.717) is 17.1 Å². The van der Waals surface area contributed by atoms with Crippen LogP contribution in [0.4, 0.5) is 0 Å². The zero-order valence-corrected chi connectivity index (χ0v) is 17.5. The van der Waals surface area contributed by atoms with Gasteiger partial charge in [0.1, 0.15) is 11.5 Å². The van der Waals surface area contributed by atoms with Crippen molar-refractivity contribution < 1.29 is 9.53 Å². The molecule has 1 aromatic heterocycles. The Bertz CT molecular complexity index is 1390. The monoisotopic (exact) mass is 416 g/mol. The van der Waals surface area contributed by atoms with Crippen LogP contribution >= 0.6 is 0 Å². The number of rotatable bonds is 5. The molecule has 0 aliphatic carbocycles. The van der Waals surface area contributed by atoms with Gasteiger partial charge in [0.15, 0.2) is 5.78 Å². The van der Waals surface area contributed by atoms with Crippen LogP contribution in [0.1, 0.15) is 17.3 Å². The van der Waals surface area contributed by atoms with E-state index in [-0.39, 0.29) is 5.78 Å². The third kappa shape index (κ3) is 3.98. The molecule has 1 heterocycles. The number of aromatic nitrogens is 2. The SMILES string of the molecule is CC(=O)c1ccc(Oc2ccc(-c3nc4ccccc4nc3-c3ccccc3)cc2)cc1. The predicted octanol–water partition coefficient (Wildman–Crippen LogP) is 6.96. The van der Waals surface area contributed by atoms with E-state index >= 15 is 0 Å². The molecule has 0 saturated carbocycles. The maximum absolute atomic E-state index is 11.4. The van der Waals surface area contributed by atoms with Gasteiger partial charge >= 0.3 is 0 Å². The smallest absolute Gasteiger partial charge is 0.159 e. The molecule has 0 bridgehead atoms. The molecule has 4 aromatic carbocycles. The van der Waals surface area contributed by atoms with Gasteiger partial charge in [-0.15, -0.1) is 0 Å². The van der Waals surface area contributed by atoms with Crippen molar-refractivity contribution in [2.75, 3.05) is 0 Å². The number of para-hydroxylation sites is 2. The highest BCUT2D eigenvalue weighted by atomic mass is 16.5. The third-order valence-electron chi connectivity index (χ3n) is 5.24. The average Bonchev–Trinajstić information content (AvgIpc) is 2.84. The van der Waals surface area contributed by atoms with Crippen molar-refractivity contribution in [3.05, 3.63) is 109 Å². The van der Waals surface area contributed by atoms with Crippen molar-refractivity contribution in [3.8, 4) is 34.0 Å². The lowest BCUT2D eigenvalue weighted by atomic mass is 10.0. The van der Waals surface area contributed by atoms with Crippen LogP contribution in [-0.4, -0.2) is 15.8 Å². The molecule has 0 N–H and O–H groups in total. The molecule has 0 aliphatic rings. The molecule has 0 spiro atoms. The Kier molecular flexibility index (Phi) is 5.18. The minimum absolute atomic E-state index is 0.0339. The van der Waals surface area contributed by atoms with Crippen LogP contribution in [0.5, 0.6) is 11.5 Å². The molecule has 0 radical (unpaired) electrons. The van der Waals surface area contributed by atoms with Crippen molar-refractivity contribution in [2.24, 2.45) is 0 Å². The lowest BCUT2D eigenvalue weighted by Crippen LogP contribution is -1.95. The van der Waals surface area contributed by atoms with E-state index in [1.807, 2.05) is 78.9 Å². The van der Waals surface area contributed by atoms with E-state index in [9.17, 15) is 4.79 Å². The van der Waals surface area contributed by atoms with Crippen LogP contribution < -0.4 is 4.74 Å². The topological polar surface area (TPSA) is 52.1 Å². The maximum atomic E-state index is 11.4. The van der Waals surface area contributed by atoms with Crippen LogP contribution in [0.3, 0.4) is 0 Å². The summed E-state index contributed by atoms with van der Waals surface area (Å²) in [5.41, 5.74) is 6.03. The van der Waals surface area contributed by atoms with Crippen molar-refractivity contribution in [3.63, 3.8) is 0 Å². The van der Waals surface area contributed by atoms with Gasteiger partial charge in [-0.2, -0.15) is 0 Å². The Morgan fingerprint density at radius 3 is 1.59 bits per heavy atom. The van der Waals surface area contributed by atoms with Crippen LogP contribution in [0, 0.1) is 0 Å². The largest absolute Gasteiger partial charge is 0.457 e. The van der Waals surface area contributed by atoms with Crippen LogP contribution in [0.25, 0.3) is 33.5 Å². The van der Waals surface area contributed by atoms with E-state index in [4.69, 9.17) is 14.7 Å². The molecule has 0 atom stereocenters. The van der Waals surface area contributed by atoms with Gasteiger partial charge in [0.05, 0.1) is 22.4 Å². The first-order valence-electron chi connectivity index (χ1n) is 10.4. The summed E-state index contributed by atoms with van der Waals surface area (Å²) in [5, 5.41) is 0. The Labute approximate surface area is 186 Å². The fourth-order valence-corrected chi connectivity index (χ4v) is 3.57. The molecule has 5 rings (SSSR count). The number of nitrogens with zero attached hydrogens (tertiary/aromatic N) is 2. The normalized spacial score (nSPS) is 10.8. The number of ether oxygens (including phenoxy) is 1. The Hall–Kier alpha value is -4.31. The molecule has 0 aliphatic heterocycles. The molecule has 5 aromatic rings. The predicted molar refractivity (Wildman–Crippen MR) is 127 cm³/mol. The molecule has 0 fully saturated rings. The van der Waals surface area contributed by atoms with Gasteiger partial charge < -0.3 is 4.74 Å². The number of hydrogen-bond donors (Lipinski definition) is 0. The van der Waals surface area contributed by atoms with E-state index in [1.165, 1.54) is 0 Å². The number of fused-ring (bicyclic) bond motifs is 1. The zero-order valence-electron chi connectivity index (χ0n) is 17.5. The van der Waals surface area contributed by atoms with Crippen molar-refractivity contribution in [2.45, 2.75) is 6.92 Å². The molecule has 32 heavy (non-hydrogen) atoms. The van der Waals surface area contributed by atoms with Gasteiger partial charge in [-0.25, -0.2) is 9.97 Å². The van der Waals surface area contributed by atoms with E-state index < -0.39 is 0 Å². The highest BCUT2D eigenvalue weighted by Crippen LogP contribution is 2.32. The summed E-state index contributed by atoms with van der Waals surface area (Å²) in [6.07, 6.45) is 0. The first-order chi connectivity index (χ1) is 15.7. The van der Waals surface area contributed by atoms with Crippen molar-refractivity contribution >= 4 is 16.8 Å². The first kappa shape index (κ1) is 19.6. The van der Waals surface area contributed by atoms with Crippen LogP contribution in [-0.2, 0) is 0 Å². The highest BCUT2D eigenvalue weighted by Gasteiger charge is 2.13. The minimum atomic E-state index is 0.0339. The quantitative estimate of drug-likeness (QED) is 0.291. The van der Waals surface area contributed by atoms with Gasteiger partial charge in [0, 0.05) is 16.7 Å². The first-order valence-corrected chi connectivity index (χ1v) is 10.4. The van der Waals surface area contributed by atoms with Gasteiger partial charge in [-0.05, 0) is 67.6 Å². The molecule has 0 amide bonds. The van der Waals surface area contributed by atoms with Crippen molar-refractivity contribution in [1.82, 2.24) is 9.97 Å². The van der Waals surface area contributed by atoms with Crippen LogP contribution in [0.2, 0.25) is 0 Å². The summed E-state index contributed by atoms with van der Waals surface area (Å²) in [6.45, 7) is 1.55. The summed E-state index contributed by atoms with van der Waals surface area (Å²) in [5.74, 6) is 1.42. The molecule has 4 nitrogen and oxygen atoms in total. The second-order valence-electron chi connectivity index (χ2n) is 7.48. The maximum Gasteiger partial charge on any atom is 0.159 e. The number of hydrogen-bond acceptors (Lipinski definition) is 4. The van der Waals surface area contributed by atoms with Gasteiger partial charge in [0.25, 0.3) is 0 Å². The van der Waals surface area contributed by atoms with Gasteiger partial charge in [0.2, 0.25) is 0 Å². The lowest BCUT2D eigenvalue weighted by molar-refractivity contribution is 0.101. The van der Waals surface area contributed by atoms with Gasteiger partial charge in [-0.3, -0.25) is 4.79 Å². The number of carbonyl (C=O) groups excluding carboxylic acids is 1. The molecular weight excluding hydrogens is 396 g/mol. The summed E-state index contributed by atoms with van der Waals surface area (Å²) < 4.78 is 5.94. The third-order valence-corrected chi connectivity index (χ3v) is 5.24. The fraction of sp³-hybridized carbons (Fsp3) is 0.0357. The minimum Gasteiger partial charge on any atom is -0.457 e. The standard InChI is InChI=1S/C28H20N2O2/c1-19(31)20-11-15-23(16-12-20)32-24-17-13-22(14-18-24)28-27(21-7-3-2-4-8-21)29-25-9-5-6-10-26(25)30-28/h2-18H,1H3. The summed E-state index contributed by atoms with van der Waals surface area (Å²) >= 11 is 0. The number of ketones is 1. The van der Waals surface area contributed by atoms with Crippen LogP contribution in [0.15, 0.2) is 103 Å². The number of benzene rings is 4. The average molecular weight is 416 g/mol. The second-order valence-corrected chi connectivity index (χ2v) is 7.48.